The average molecular weight is 938 g/mol. The van der Waals surface area contributed by atoms with Crippen molar-refractivity contribution in [2.75, 3.05) is 7.11 Å². The summed E-state index contributed by atoms with van der Waals surface area (Å²) in [7, 11) is 1.12. The first-order valence-electron chi connectivity index (χ1n) is 22.7. The highest BCUT2D eigenvalue weighted by atomic mass is 16.7. The smallest absolute Gasteiger partial charge is 0.313 e. The number of cyclic esters (lactones) is 1. The monoisotopic (exact) mass is 938 g/mol. The number of hydrogen-bond acceptors (Lipinski definition) is 18. The molecule has 1 unspecified atom stereocenters. The minimum absolute atomic E-state index is 0.0949. The Labute approximate surface area is 387 Å². The minimum Gasteiger partial charge on any atom is -0.469 e. The standard InChI is InChI=1S/C48H75NO17/c1-28-18-16-14-12-10-8-6-7-9-11-13-15-17-19-35(65-47-45(59)42(49)44(58)31(4)64-47)25-39-41(46(60)62-5)38(55)27-48(61,66-39)26-34(52)23-37(54)36(53)21-20-32(50)22-33(51)24-40(56)63-30(3)29(2)43(28)57/h6-19,28-39,41-45,47,50-55,57-59,61H,20-27,49H2,1-5H3/b7-6+,10-8+,11-9+,14-12+,15-13+,18-16+,19-17+/t28-,29-,30-,31+,32+,33+,34-,35-,36?,37+,38-,39-,41+,42-,43+,44+,45+,47-,48+/m0/s1. The van der Waals surface area contributed by atoms with E-state index in [1.807, 2.05) is 37.3 Å². The van der Waals surface area contributed by atoms with Crippen molar-refractivity contribution in [1.82, 2.24) is 0 Å². The van der Waals surface area contributed by atoms with E-state index in [0.29, 0.717) is 0 Å². The van der Waals surface area contributed by atoms with Gasteiger partial charge >= 0.3 is 11.9 Å². The minimum atomic E-state index is -2.27. The molecule has 0 aromatic rings. The molecule has 0 aromatic heterocycles. The third-order valence-electron chi connectivity index (χ3n) is 12.2. The van der Waals surface area contributed by atoms with Crippen molar-refractivity contribution < 1.29 is 84.3 Å². The number of carbonyl (C=O) groups excluding carboxylic acids is 2. The number of aliphatic hydroxyl groups excluding tert-OH is 9. The highest BCUT2D eigenvalue weighted by Crippen LogP contribution is 2.38. The summed E-state index contributed by atoms with van der Waals surface area (Å²) in [6.07, 6.45) is 4.50. The molecule has 0 amide bonds. The predicted octanol–water partition coefficient (Wildman–Crippen LogP) is 0.800. The van der Waals surface area contributed by atoms with Gasteiger partial charge in [-0.15, -0.1) is 0 Å². The van der Waals surface area contributed by atoms with Crippen molar-refractivity contribution in [3.63, 3.8) is 0 Å². The van der Waals surface area contributed by atoms with E-state index in [1.165, 1.54) is 0 Å². The van der Waals surface area contributed by atoms with Gasteiger partial charge in [0.15, 0.2) is 12.1 Å². The van der Waals surface area contributed by atoms with Crippen LogP contribution >= 0.6 is 0 Å². The van der Waals surface area contributed by atoms with Gasteiger partial charge in [-0.1, -0.05) is 98.9 Å². The zero-order valence-electron chi connectivity index (χ0n) is 38.5. The van der Waals surface area contributed by atoms with Gasteiger partial charge < -0.3 is 80.5 Å². The lowest BCUT2D eigenvalue weighted by molar-refractivity contribution is -0.308. The van der Waals surface area contributed by atoms with E-state index in [4.69, 9.17) is 29.4 Å². The quantitative estimate of drug-likeness (QED) is 0.174. The number of hydrogen-bond donors (Lipinski definition) is 11. The van der Waals surface area contributed by atoms with E-state index in [2.05, 4.69) is 0 Å². The fraction of sp³-hybridized carbons (Fsp3) is 0.667. The number of rotatable bonds is 3. The van der Waals surface area contributed by atoms with Crippen LogP contribution in [0.5, 0.6) is 0 Å². The van der Waals surface area contributed by atoms with Gasteiger partial charge in [0.05, 0.1) is 86.7 Å². The van der Waals surface area contributed by atoms with Gasteiger partial charge in [0, 0.05) is 37.5 Å². The Bertz CT molecular complexity index is 1680. The second-order valence-electron chi connectivity index (χ2n) is 17.8. The number of ether oxygens (including phenoxy) is 5. The van der Waals surface area contributed by atoms with E-state index >= 15 is 0 Å². The van der Waals surface area contributed by atoms with Crippen LogP contribution in [0.15, 0.2) is 85.1 Å². The van der Waals surface area contributed by atoms with Crippen LogP contribution < -0.4 is 5.73 Å². The Balaban J connectivity index is 1.88. The van der Waals surface area contributed by atoms with Gasteiger partial charge in [-0.2, -0.15) is 0 Å². The first-order chi connectivity index (χ1) is 31.2. The topological polar surface area (TPSA) is 309 Å². The molecular weight excluding hydrogens is 863 g/mol. The molecule has 3 rings (SSSR count). The average Bonchev–Trinajstić information content (AvgIpc) is 3.24. The molecular formula is C48H75NO17. The fourth-order valence-electron chi connectivity index (χ4n) is 8.09. The predicted molar refractivity (Wildman–Crippen MR) is 241 cm³/mol. The summed E-state index contributed by atoms with van der Waals surface area (Å²) < 4.78 is 28.4. The molecule has 19 atom stereocenters. The van der Waals surface area contributed by atoms with Gasteiger partial charge in [-0.25, -0.2) is 0 Å². The molecule has 374 valence electrons. The maximum absolute atomic E-state index is 13.1. The van der Waals surface area contributed by atoms with Gasteiger partial charge in [0.2, 0.25) is 0 Å². The summed E-state index contributed by atoms with van der Waals surface area (Å²) in [5.74, 6) is -5.93. The van der Waals surface area contributed by atoms with E-state index < -0.39 is 147 Å². The van der Waals surface area contributed by atoms with E-state index in [-0.39, 0.29) is 31.6 Å². The lowest BCUT2D eigenvalue weighted by atomic mass is 9.82. The van der Waals surface area contributed by atoms with E-state index in [0.717, 1.165) is 7.11 Å². The van der Waals surface area contributed by atoms with Crippen molar-refractivity contribution in [3.05, 3.63) is 85.1 Å². The highest BCUT2D eigenvalue weighted by Gasteiger charge is 2.51. The lowest BCUT2D eigenvalue weighted by Gasteiger charge is -2.45. The van der Waals surface area contributed by atoms with Gasteiger partial charge in [-0.3, -0.25) is 9.59 Å². The van der Waals surface area contributed by atoms with E-state index in [1.54, 1.807) is 75.5 Å². The molecule has 0 spiro atoms. The molecule has 0 aliphatic carbocycles. The van der Waals surface area contributed by atoms with Crippen LogP contribution in [-0.2, 0) is 33.3 Å². The molecule has 2 bridgehead atoms. The Morgan fingerprint density at radius 2 is 1.24 bits per heavy atom. The second-order valence-corrected chi connectivity index (χ2v) is 17.8. The summed E-state index contributed by atoms with van der Waals surface area (Å²) in [4.78, 5) is 25.7. The molecule has 2 saturated heterocycles. The summed E-state index contributed by atoms with van der Waals surface area (Å²) in [5.41, 5.74) is 6.05. The van der Waals surface area contributed by atoms with Crippen LogP contribution in [0.25, 0.3) is 0 Å². The number of carbonyl (C=O) groups is 2. The van der Waals surface area contributed by atoms with Crippen molar-refractivity contribution in [3.8, 4) is 0 Å². The van der Waals surface area contributed by atoms with Gasteiger partial charge in [0.25, 0.3) is 0 Å². The number of fused-ring (bicyclic) bond motifs is 2. The molecule has 0 aromatic carbocycles. The number of nitrogens with two attached hydrogens (primary N) is 1. The zero-order valence-corrected chi connectivity index (χ0v) is 38.5. The van der Waals surface area contributed by atoms with E-state index in [9.17, 15) is 60.7 Å². The summed E-state index contributed by atoms with van der Waals surface area (Å²) >= 11 is 0. The molecule has 66 heavy (non-hydrogen) atoms. The summed E-state index contributed by atoms with van der Waals surface area (Å²) in [5, 5.41) is 109. The SMILES string of the molecule is COC(=O)[C@H]1[C@@H]2C[C@@H](O[C@@H]3O[C@H](C)[C@@H](O)[C@H](N)[C@H]3O)/C=C/C=C/C=C/C=C/C=C/C=C/C=C/[C@H](C)[C@@H](O)[C@@H](C)[C@H](C)OC(=O)C[C@H](O)C[C@H](O)CCC(O)[C@H](O)C[C@H](O)C[C@](O)(C[C@@H]1O)O2. The van der Waals surface area contributed by atoms with Crippen LogP contribution in [0.2, 0.25) is 0 Å². The Hall–Kier alpha value is -3.44. The maximum Gasteiger partial charge on any atom is 0.313 e. The number of methoxy groups -OCH3 is 1. The lowest BCUT2D eigenvalue weighted by Crippen LogP contribution is -2.61. The molecule has 2 fully saturated rings. The third-order valence-corrected chi connectivity index (χ3v) is 12.2. The molecule has 3 aliphatic rings. The first-order valence-corrected chi connectivity index (χ1v) is 22.7. The van der Waals surface area contributed by atoms with Crippen LogP contribution in [0.3, 0.4) is 0 Å². The second kappa shape index (κ2) is 28.1. The number of esters is 2. The van der Waals surface area contributed by atoms with Crippen molar-refractivity contribution in [2.45, 2.75) is 177 Å². The molecule has 12 N–H and O–H groups in total. The van der Waals surface area contributed by atoms with Crippen molar-refractivity contribution >= 4 is 11.9 Å². The Kier molecular flexibility index (Phi) is 24.3. The van der Waals surface area contributed by atoms with Gasteiger partial charge in [-0.05, 0) is 33.1 Å². The van der Waals surface area contributed by atoms with Crippen LogP contribution in [-0.4, -0.2) is 168 Å². The fourth-order valence-corrected chi connectivity index (χ4v) is 8.09. The third kappa shape index (κ3) is 18.6. The number of aliphatic hydroxyl groups is 10. The number of allylic oxidation sites excluding steroid dienone is 12. The zero-order chi connectivity index (χ0) is 49.1. The van der Waals surface area contributed by atoms with Crippen molar-refractivity contribution in [2.24, 2.45) is 23.5 Å². The molecule has 18 heteroatoms. The summed E-state index contributed by atoms with van der Waals surface area (Å²) in [6.45, 7) is 6.78. The first kappa shape index (κ1) is 56.9. The molecule has 0 saturated carbocycles. The molecule has 0 radical (unpaired) electrons. The largest absolute Gasteiger partial charge is 0.469 e. The van der Waals surface area contributed by atoms with Crippen LogP contribution in [0, 0.1) is 17.8 Å². The maximum atomic E-state index is 13.1. The van der Waals surface area contributed by atoms with Crippen LogP contribution in [0.4, 0.5) is 0 Å². The molecule has 3 heterocycles. The van der Waals surface area contributed by atoms with Gasteiger partial charge in [0.1, 0.15) is 18.1 Å². The molecule has 18 nitrogen and oxygen atoms in total. The Morgan fingerprint density at radius 3 is 1.83 bits per heavy atom. The Morgan fingerprint density at radius 1 is 0.667 bits per heavy atom. The normalized spacial score (nSPS) is 44.9. The van der Waals surface area contributed by atoms with Crippen LogP contribution in [0.1, 0.15) is 79.1 Å². The molecule has 3 aliphatic heterocycles. The highest BCUT2D eigenvalue weighted by molar-refractivity contribution is 5.74. The summed E-state index contributed by atoms with van der Waals surface area (Å²) in [6, 6.07) is -1.13. The van der Waals surface area contributed by atoms with Crippen molar-refractivity contribution in [1.29, 1.82) is 0 Å².